The Morgan fingerprint density at radius 1 is 1.56 bits per heavy atom. The van der Waals surface area contributed by atoms with Gasteiger partial charge in [0.25, 0.3) is 0 Å². The molecular weight excluding hydrogens is 218 g/mol. The van der Waals surface area contributed by atoms with E-state index < -0.39 is 0 Å². The molecule has 1 heterocycles. The Labute approximate surface area is 102 Å². The lowest BCUT2D eigenvalue weighted by Gasteiger charge is -2.18. The lowest BCUT2D eigenvalue weighted by molar-refractivity contribution is 0.508. The van der Waals surface area contributed by atoms with Crippen LogP contribution in [0.2, 0.25) is 0 Å². The highest BCUT2D eigenvalue weighted by Gasteiger charge is 2.03. The van der Waals surface area contributed by atoms with Crippen molar-refractivity contribution in [3.05, 3.63) is 30.1 Å². The quantitative estimate of drug-likeness (QED) is 0.595. The van der Waals surface area contributed by atoms with Crippen LogP contribution in [0.1, 0.15) is 18.9 Å². The number of pyridine rings is 1. The summed E-state index contributed by atoms with van der Waals surface area (Å²) in [6, 6.07) is 3.99. The van der Waals surface area contributed by atoms with Gasteiger partial charge in [-0.05, 0) is 24.3 Å². The molecule has 0 aliphatic rings. The molecule has 0 atom stereocenters. The molecule has 1 aromatic rings. The number of thioether (sulfide) groups is 1. The fraction of sp³-hybridized carbons (Fsp3) is 0.500. The van der Waals surface area contributed by atoms with Gasteiger partial charge in [-0.25, -0.2) is 0 Å². The van der Waals surface area contributed by atoms with Gasteiger partial charge in [-0.2, -0.15) is 0 Å². The van der Waals surface area contributed by atoms with Crippen LogP contribution >= 0.6 is 11.8 Å². The van der Waals surface area contributed by atoms with Crippen LogP contribution in [0, 0.1) is 0 Å². The first kappa shape index (κ1) is 13.0. The molecule has 88 valence electrons. The van der Waals surface area contributed by atoms with Gasteiger partial charge in [-0.1, -0.05) is 24.8 Å². The van der Waals surface area contributed by atoms with E-state index in [1.54, 1.807) is 18.0 Å². The van der Waals surface area contributed by atoms with Gasteiger partial charge in [0.1, 0.15) is 0 Å². The van der Waals surface area contributed by atoms with E-state index in [1.807, 2.05) is 18.3 Å². The lowest BCUT2D eigenvalue weighted by Crippen LogP contribution is -2.24. The van der Waals surface area contributed by atoms with E-state index in [0.717, 1.165) is 23.7 Å². The van der Waals surface area contributed by atoms with Crippen LogP contribution in [0.15, 0.2) is 29.5 Å². The van der Waals surface area contributed by atoms with Crippen LogP contribution in [0.4, 0.5) is 0 Å². The second kappa shape index (κ2) is 7.28. The van der Waals surface area contributed by atoms with E-state index in [-0.39, 0.29) is 0 Å². The molecule has 0 aliphatic carbocycles. The summed E-state index contributed by atoms with van der Waals surface area (Å²) in [5.74, 6) is 0. The van der Waals surface area contributed by atoms with Gasteiger partial charge in [-0.3, -0.25) is 9.98 Å². The summed E-state index contributed by atoms with van der Waals surface area (Å²) < 4.78 is 0. The van der Waals surface area contributed by atoms with E-state index in [1.165, 1.54) is 0 Å². The standard InChI is InChI=1S/C12H19N3S/c1-4-8-15(2)12(16-3)14-10-11-6-5-7-13-9-11/h5-7,9H,4,8,10H2,1-3H3. The van der Waals surface area contributed by atoms with Crippen molar-refractivity contribution in [2.24, 2.45) is 4.99 Å². The Balaban J connectivity index is 2.59. The number of nitrogens with zero attached hydrogens (tertiary/aromatic N) is 3. The van der Waals surface area contributed by atoms with Crippen molar-refractivity contribution in [2.75, 3.05) is 19.8 Å². The van der Waals surface area contributed by atoms with Gasteiger partial charge < -0.3 is 4.90 Å². The molecule has 0 saturated carbocycles. The van der Waals surface area contributed by atoms with Crippen molar-refractivity contribution in [1.82, 2.24) is 9.88 Å². The first-order valence-electron chi connectivity index (χ1n) is 5.46. The zero-order valence-corrected chi connectivity index (χ0v) is 11.0. The minimum absolute atomic E-state index is 0.706. The summed E-state index contributed by atoms with van der Waals surface area (Å²) in [4.78, 5) is 10.9. The predicted octanol–water partition coefficient (Wildman–Crippen LogP) is 2.64. The molecule has 0 unspecified atom stereocenters. The number of aromatic nitrogens is 1. The van der Waals surface area contributed by atoms with Crippen molar-refractivity contribution < 1.29 is 0 Å². The maximum Gasteiger partial charge on any atom is 0.158 e. The van der Waals surface area contributed by atoms with Crippen molar-refractivity contribution >= 4 is 16.9 Å². The minimum Gasteiger partial charge on any atom is -0.355 e. The van der Waals surface area contributed by atoms with Gasteiger partial charge in [0.2, 0.25) is 0 Å². The van der Waals surface area contributed by atoms with Gasteiger partial charge in [0, 0.05) is 26.0 Å². The maximum atomic E-state index is 4.60. The summed E-state index contributed by atoms with van der Waals surface area (Å²) in [5, 5.41) is 1.09. The van der Waals surface area contributed by atoms with Crippen molar-refractivity contribution in [1.29, 1.82) is 0 Å². The Morgan fingerprint density at radius 3 is 2.94 bits per heavy atom. The monoisotopic (exact) mass is 237 g/mol. The average molecular weight is 237 g/mol. The van der Waals surface area contributed by atoms with Gasteiger partial charge in [0.05, 0.1) is 6.54 Å². The smallest absolute Gasteiger partial charge is 0.158 e. The van der Waals surface area contributed by atoms with Crippen LogP contribution in [-0.2, 0) is 6.54 Å². The molecule has 0 radical (unpaired) electrons. The molecule has 0 spiro atoms. The van der Waals surface area contributed by atoms with E-state index in [9.17, 15) is 0 Å². The summed E-state index contributed by atoms with van der Waals surface area (Å²) in [7, 11) is 2.09. The third kappa shape index (κ3) is 4.23. The SMILES string of the molecule is CCCN(C)C(=NCc1cccnc1)SC. The fourth-order valence-corrected chi connectivity index (χ4v) is 2.02. The summed E-state index contributed by atoms with van der Waals surface area (Å²) in [6.45, 7) is 3.93. The van der Waals surface area contributed by atoms with Gasteiger partial charge in [0.15, 0.2) is 5.17 Å². The molecule has 0 aromatic carbocycles. The fourth-order valence-electron chi connectivity index (χ4n) is 1.42. The number of aliphatic imine (C=N–C) groups is 1. The zero-order chi connectivity index (χ0) is 11.8. The van der Waals surface area contributed by atoms with Crippen molar-refractivity contribution in [2.45, 2.75) is 19.9 Å². The second-order valence-corrected chi connectivity index (χ2v) is 4.36. The largest absolute Gasteiger partial charge is 0.355 e. The minimum atomic E-state index is 0.706. The molecule has 0 aliphatic heterocycles. The van der Waals surface area contributed by atoms with Crippen molar-refractivity contribution in [3.63, 3.8) is 0 Å². The molecule has 16 heavy (non-hydrogen) atoms. The second-order valence-electron chi connectivity index (χ2n) is 3.59. The summed E-state index contributed by atoms with van der Waals surface area (Å²) in [5.41, 5.74) is 1.15. The highest BCUT2D eigenvalue weighted by Crippen LogP contribution is 2.07. The predicted molar refractivity (Wildman–Crippen MR) is 71.8 cm³/mol. The topological polar surface area (TPSA) is 28.5 Å². The Hall–Kier alpha value is -1.03. The molecule has 1 aromatic heterocycles. The highest BCUT2D eigenvalue weighted by atomic mass is 32.2. The molecule has 0 saturated heterocycles. The molecule has 0 amide bonds. The zero-order valence-electron chi connectivity index (χ0n) is 10.2. The van der Waals surface area contributed by atoms with Crippen LogP contribution in [0.3, 0.4) is 0 Å². The number of hydrogen-bond acceptors (Lipinski definition) is 3. The normalized spacial score (nSPS) is 11.6. The third-order valence-corrected chi connectivity index (χ3v) is 2.99. The third-order valence-electron chi connectivity index (χ3n) is 2.19. The molecule has 0 bridgehead atoms. The highest BCUT2D eigenvalue weighted by molar-refractivity contribution is 8.13. The van der Waals surface area contributed by atoms with Gasteiger partial charge in [-0.15, -0.1) is 0 Å². The average Bonchev–Trinajstić information content (AvgIpc) is 2.31. The number of amidine groups is 1. The molecule has 1 rings (SSSR count). The Bertz CT molecular complexity index is 324. The first-order valence-corrected chi connectivity index (χ1v) is 6.69. The molecule has 0 fully saturated rings. The van der Waals surface area contributed by atoms with Crippen LogP contribution < -0.4 is 0 Å². The Morgan fingerprint density at radius 2 is 2.38 bits per heavy atom. The summed E-state index contributed by atoms with van der Waals surface area (Å²) in [6.07, 6.45) is 6.85. The van der Waals surface area contributed by atoms with E-state index in [0.29, 0.717) is 6.54 Å². The molecule has 4 heteroatoms. The Kier molecular flexibility index (Phi) is 5.93. The van der Waals surface area contributed by atoms with E-state index in [2.05, 4.69) is 35.1 Å². The van der Waals surface area contributed by atoms with Crippen LogP contribution in [0.5, 0.6) is 0 Å². The summed E-state index contributed by atoms with van der Waals surface area (Å²) >= 11 is 1.69. The van der Waals surface area contributed by atoms with Crippen molar-refractivity contribution in [3.8, 4) is 0 Å². The number of hydrogen-bond donors (Lipinski definition) is 0. The van der Waals surface area contributed by atoms with E-state index in [4.69, 9.17) is 0 Å². The van der Waals surface area contributed by atoms with Crippen LogP contribution in [-0.4, -0.2) is 34.9 Å². The van der Waals surface area contributed by atoms with E-state index >= 15 is 0 Å². The lowest BCUT2D eigenvalue weighted by atomic mass is 10.3. The maximum absolute atomic E-state index is 4.60. The first-order chi connectivity index (χ1) is 7.77. The van der Waals surface area contributed by atoms with Crippen LogP contribution in [0.25, 0.3) is 0 Å². The molecule has 0 N–H and O–H groups in total. The number of rotatable bonds is 4. The molecule has 3 nitrogen and oxygen atoms in total. The van der Waals surface area contributed by atoms with Gasteiger partial charge >= 0.3 is 0 Å². The molecular formula is C12H19N3S.